The number of anilines is 2. The van der Waals surface area contributed by atoms with Gasteiger partial charge in [0, 0.05) is 31.4 Å². The average molecular weight is 253 g/mol. The Hall–Kier alpha value is -1.49. The molecule has 2 N–H and O–H groups in total. The van der Waals surface area contributed by atoms with Gasteiger partial charge in [-0.2, -0.15) is 0 Å². The number of rotatable bonds is 3. The highest BCUT2D eigenvalue weighted by Gasteiger charge is 2.25. The molecule has 0 bridgehead atoms. The molecule has 18 heavy (non-hydrogen) atoms. The van der Waals surface area contributed by atoms with Crippen molar-refractivity contribution in [2.24, 2.45) is 0 Å². The molecule has 0 spiro atoms. The molecule has 1 atom stereocenters. The van der Waals surface area contributed by atoms with Gasteiger partial charge in [-0.15, -0.1) is 0 Å². The van der Waals surface area contributed by atoms with E-state index in [0.29, 0.717) is 12.2 Å². The van der Waals surface area contributed by atoms with Gasteiger partial charge in [-0.3, -0.25) is 4.90 Å². The fourth-order valence-electron chi connectivity index (χ4n) is 2.29. The van der Waals surface area contributed by atoms with Crippen LogP contribution in [-0.4, -0.2) is 51.4 Å². The molecular weight excluding hydrogens is 233 g/mol. The van der Waals surface area contributed by atoms with Crippen LogP contribution in [0.5, 0.6) is 5.75 Å². The number of nitrogens with two attached hydrogens (primary N) is 1. The summed E-state index contributed by atoms with van der Waals surface area (Å²) in [5.41, 5.74) is 7.40. The monoisotopic (exact) mass is 253 g/mol. The van der Waals surface area contributed by atoms with E-state index < -0.39 is 0 Å². The summed E-state index contributed by atoms with van der Waals surface area (Å²) in [7, 11) is 3.59. The number of nitrogens with zero attached hydrogens (tertiary/aromatic N) is 2. The van der Waals surface area contributed by atoms with Crippen LogP contribution in [0.2, 0.25) is 0 Å². The highest BCUT2D eigenvalue weighted by molar-refractivity contribution is 5.64. The van der Waals surface area contributed by atoms with Crippen LogP contribution in [0.3, 0.4) is 0 Å². The average Bonchev–Trinajstić information content (AvgIpc) is 2.39. The number of ether oxygens (including phenoxy) is 1. The van der Waals surface area contributed by atoms with Gasteiger partial charge in [0.15, 0.2) is 0 Å². The van der Waals surface area contributed by atoms with Crippen LogP contribution in [-0.2, 0) is 0 Å². The molecule has 100 valence electrons. The lowest BCUT2D eigenvalue weighted by Crippen LogP contribution is -2.52. The molecule has 1 aromatic carbocycles. The van der Waals surface area contributed by atoms with Crippen molar-refractivity contribution < 1.29 is 9.13 Å². The lowest BCUT2D eigenvalue weighted by molar-refractivity contribution is 0.183. The first kappa shape index (κ1) is 13.0. The molecule has 1 fully saturated rings. The number of methoxy groups -OCH3 is 1. The normalized spacial score (nSPS) is 21.1. The van der Waals surface area contributed by atoms with Gasteiger partial charge in [0.05, 0.1) is 18.8 Å². The van der Waals surface area contributed by atoms with Crippen molar-refractivity contribution in [1.82, 2.24) is 4.90 Å². The number of piperazine rings is 1. The number of nitrogen functional groups attached to an aromatic ring is 1. The summed E-state index contributed by atoms with van der Waals surface area (Å²) in [6.07, 6.45) is 0. The maximum atomic E-state index is 12.9. The first-order valence-electron chi connectivity index (χ1n) is 6.10. The molecule has 1 aliphatic heterocycles. The van der Waals surface area contributed by atoms with E-state index in [1.165, 1.54) is 0 Å². The first-order valence-corrected chi connectivity index (χ1v) is 6.10. The van der Waals surface area contributed by atoms with Crippen molar-refractivity contribution in [3.8, 4) is 5.75 Å². The summed E-state index contributed by atoms with van der Waals surface area (Å²) in [4.78, 5) is 4.21. The Bertz CT molecular complexity index is 413. The van der Waals surface area contributed by atoms with Crippen LogP contribution in [0.1, 0.15) is 0 Å². The van der Waals surface area contributed by atoms with Gasteiger partial charge in [0.25, 0.3) is 0 Å². The molecule has 1 heterocycles. The fourth-order valence-corrected chi connectivity index (χ4v) is 2.29. The van der Waals surface area contributed by atoms with Gasteiger partial charge in [-0.25, -0.2) is 4.39 Å². The standard InChI is InChI=1S/C13H20FN3O/c1-16-5-6-17(9-11(16)8-14)12-4-3-10(15)7-13(12)18-2/h3-4,7,11H,5-6,8-9,15H2,1-2H3. The highest BCUT2D eigenvalue weighted by Crippen LogP contribution is 2.31. The molecule has 1 aliphatic rings. The zero-order chi connectivity index (χ0) is 13.1. The van der Waals surface area contributed by atoms with Crippen molar-refractivity contribution in [3.63, 3.8) is 0 Å². The Morgan fingerprint density at radius 3 is 2.89 bits per heavy atom. The highest BCUT2D eigenvalue weighted by atomic mass is 19.1. The van der Waals surface area contributed by atoms with Gasteiger partial charge in [0.2, 0.25) is 0 Å². The Balaban J connectivity index is 2.21. The SMILES string of the molecule is COc1cc(N)ccc1N1CCN(C)C(CF)C1. The van der Waals surface area contributed by atoms with E-state index in [9.17, 15) is 4.39 Å². The second-order valence-electron chi connectivity index (χ2n) is 4.67. The minimum absolute atomic E-state index is 0.0546. The molecule has 1 aromatic rings. The summed E-state index contributed by atoms with van der Waals surface area (Å²) in [6, 6.07) is 5.54. The van der Waals surface area contributed by atoms with E-state index in [1.807, 2.05) is 19.2 Å². The molecule has 0 aromatic heterocycles. The third kappa shape index (κ3) is 2.51. The van der Waals surface area contributed by atoms with Crippen LogP contribution < -0.4 is 15.4 Å². The zero-order valence-electron chi connectivity index (χ0n) is 10.9. The topological polar surface area (TPSA) is 41.7 Å². The van der Waals surface area contributed by atoms with Crippen molar-refractivity contribution >= 4 is 11.4 Å². The van der Waals surface area contributed by atoms with Gasteiger partial charge in [-0.1, -0.05) is 0 Å². The minimum atomic E-state index is -0.329. The van der Waals surface area contributed by atoms with Crippen LogP contribution in [0.25, 0.3) is 0 Å². The molecule has 1 saturated heterocycles. The first-order chi connectivity index (χ1) is 8.65. The summed E-state index contributed by atoms with van der Waals surface area (Å²) in [5.74, 6) is 0.747. The Kier molecular flexibility index (Phi) is 3.91. The van der Waals surface area contributed by atoms with Gasteiger partial charge in [-0.05, 0) is 19.2 Å². The summed E-state index contributed by atoms with van der Waals surface area (Å²) in [5, 5.41) is 0. The van der Waals surface area contributed by atoms with Crippen LogP contribution in [0.4, 0.5) is 15.8 Å². The molecule has 4 nitrogen and oxygen atoms in total. The van der Waals surface area contributed by atoms with E-state index >= 15 is 0 Å². The Labute approximate surface area is 107 Å². The second kappa shape index (κ2) is 5.44. The predicted molar refractivity (Wildman–Crippen MR) is 72.0 cm³/mol. The van der Waals surface area contributed by atoms with Gasteiger partial charge in [0.1, 0.15) is 12.4 Å². The maximum Gasteiger partial charge on any atom is 0.144 e. The molecule has 0 aliphatic carbocycles. The van der Waals surface area contributed by atoms with E-state index in [-0.39, 0.29) is 12.7 Å². The molecule has 0 amide bonds. The molecule has 0 saturated carbocycles. The molecule has 2 rings (SSSR count). The van der Waals surface area contributed by atoms with Crippen molar-refractivity contribution in [3.05, 3.63) is 18.2 Å². The quantitative estimate of drug-likeness (QED) is 0.826. The molecular formula is C13H20FN3O. The molecule has 5 heteroatoms. The summed E-state index contributed by atoms with van der Waals surface area (Å²) < 4.78 is 18.3. The number of halogens is 1. The molecule has 0 radical (unpaired) electrons. The van der Waals surface area contributed by atoms with Gasteiger partial charge < -0.3 is 15.4 Å². The maximum absolute atomic E-state index is 12.9. The van der Waals surface area contributed by atoms with Crippen molar-refractivity contribution in [1.29, 1.82) is 0 Å². The minimum Gasteiger partial charge on any atom is -0.495 e. The van der Waals surface area contributed by atoms with E-state index in [4.69, 9.17) is 10.5 Å². The Morgan fingerprint density at radius 1 is 1.44 bits per heavy atom. The van der Waals surface area contributed by atoms with Crippen LogP contribution in [0.15, 0.2) is 18.2 Å². The smallest absolute Gasteiger partial charge is 0.144 e. The Morgan fingerprint density at radius 2 is 2.22 bits per heavy atom. The second-order valence-corrected chi connectivity index (χ2v) is 4.67. The number of hydrogen-bond donors (Lipinski definition) is 1. The van der Waals surface area contributed by atoms with Gasteiger partial charge >= 0.3 is 0 Å². The molecule has 1 unspecified atom stereocenters. The lowest BCUT2D eigenvalue weighted by atomic mass is 10.1. The summed E-state index contributed by atoms with van der Waals surface area (Å²) in [6.45, 7) is 2.06. The lowest BCUT2D eigenvalue weighted by Gasteiger charge is -2.39. The fraction of sp³-hybridized carbons (Fsp3) is 0.538. The number of benzene rings is 1. The number of hydrogen-bond acceptors (Lipinski definition) is 4. The third-order valence-electron chi connectivity index (χ3n) is 3.50. The van der Waals surface area contributed by atoms with Crippen molar-refractivity contribution in [2.75, 3.05) is 51.1 Å². The summed E-state index contributed by atoms with van der Waals surface area (Å²) >= 11 is 0. The number of likely N-dealkylation sites (N-methyl/N-ethyl adjacent to an activating group) is 1. The van der Waals surface area contributed by atoms with E-state index in [1.54, 1.807) is 13.2 Å². The van der Waals surface area contributed by atoms with Crippen LogP contribution >= 0.6 is 0 Å². The van der Waals surface area contributed by atoms with E-state index in [2.05, 4.69) is 9.80 Å². The largest absolute Gasteiger partial charge is 0.495 e. The van der Waals surface area contributed by atoms with Crippen molar-refractivity contribution in [2.45, 2.75) is 6.04 Å². The number of alkyl halides is 1. The van der Waals surface area contributed by atoms with E-state index in [0.717, 1.165) is 24.5 Å². The predicted octanol–water partition coefficient (Wildman–Crippen LogP) is 1.37. The third-order valence-corrected chi connectivity index (χ3v) is 3.50. The van der Waals surface area contributed by atoms with Crippen LogP contribution in [0, 0.1) is 0 Å². The zero-order valence-corrected chi connectivity index (χ0v) is 10.9.